The average molecular weight is 219 g/mol. The SMILES string of the molecule is CC(CO)S(=O)(=O)NCc1ccoc1. The molecule has 1 heterocycles. The normalized spacial score (nSPS) is 14.1. The number of nitrogens with one attached hydrogen (secondary N) is 1. The van der Waals surface area contributed by atoms with Gasteiger partial charge in [-0.05, 0) is 13.0 Å². The van der Waals surface area contributed by atoms with Gasteiger partial charge >= 0.3 is 0 Å². The third-order valence-electron chi connectivity index (χ3n) is 1.84. The maximum atomic E-state index is 11.4. The lowest BCUT2D eigenvalue weighted by molar-refractivity contribution is 0.294. The summed E-state index contributed by atoms with van der Waals surface area (Å²) in [5.74, 6) is 0. The Kier molecular flexibility index (Phi) is 3.68. The Morgan fingerprint density at radius 3 is 2.86 bits per heavy atom. The predicted molar refractivity (Wildman–Crippen MR) is 51.0 cm³/mol. The van der Waals surface area contributed by atoms with Crippen LogP contribution in [0.5, 0.6) is 0 Å². The van der Waals surface area contributed by atoms with Gasteiger partial charge in [0, 0.05) is 12.1 Å². The van der Waals surface area contributed by atoms with E-state index in [0.717, 1.165) is 5.56 Å². The van der Waals surface area contributed by atoms with Crippen LogP contribution in [0.4, 0.5) is 0 Å². The summed E-state index contributed by atoms with van der Waals surface area (Å²) in [5.41, 5.74) is 0.749. The first kappa shape index (κ1) is 11.2. The fourth-order valence-electron chi connectivity index (χ4n) is 0.818. The highest BCUT2D eigenvalue weighted by atomic mass is 32.2. The van der Waals surface area contributed by atoms with Gasteiger partial charge in [0.05, 0.1) is 24.4 Å². The first-order valence-corrected chi connectivity index (χ1v) is 5.71. The van der Waals surface area contributed by atoms with Crippen molar-refractivity contribution >= 4 is 10.0 Å². The van der Waals surface area contributed by atoms with Gasteiger partial charge in [0.1, 0.15) is 0 Å². The van der Waals surface area contributed by atoms with Gasteiger partial charge in [0.25, 0.3) is 0 Å². The third kappa shape index (κ3) is 2.83. The van der Waals surface area contributed by atoms with E-state index in [1.165, 1.54) is 19.5 Å². The summed E-state index contributed by atoms with van der Waals surface area (Å²) < 4.78 is 29.9. The monoisotopic (exact) mass is 219 g/mol. The molecule has 0 aliphatic carbocycles. The molecule has 0 aliphatic rings. The molecule has 0 saturated carbocycles. The molecular weight excluding hydrogens is 206 g/mol. The van der Waals surface area contributed by atoms with Gasteiger partial charge in [-0.15, -0.1) is 0 Å². The molecule has 1 rings (SSSR count). The molecule has 0 bridgehead atoms. The lowest BCUT2D eigenvalue weighted by Gasteiger charge is -2.10. The highest BCUT2D eigenvalue weighted by Gasteiger charge is 2.18. The molecule has 0 spiro atoms. The Labute approximate surface area is 82.8 Å². The van der Waals surface area contributed by atoms with Crippen molar-refractivity contribution in [2.24, 2.45) is 0 Å². The smallest absolute Gasteiger partial charge is 0.216 e. The number of furan rings is 1. The number of aliphatic hydroxyl groups is 1. The number of aliphatic hydroxyl groups excluding tert-OH is 1. The zero-order valence-electron chi connectivity index (χ0n) is 7.80. The van der Waals surface area contributed by atoms with E-state index in [9.17, 15) is 8.42 Å². The first-order valence-electron chi connectivity index (χ1n) is 4.16. The van der Waals surface area contributed by atoms with E-state index >= 15 is 0 Å². The van der Waals surface area contributed by atoms with E-state index in [-0.39, 0.29) is 13.2 Å². The van der Waals surface area contributed by atoms with Gasteiger partial charge < -0.3 is 9.52 Å². The van der Waals surface area contributed by atoms with Crippen molar-refractivity contribution in [3.8, 4) is 0 Å². The summed E-state index contributed by atoms with van der Waals surface area (Å²) in [6, 6.07) is 1.67. The van der Waals surface area contributed by atoms with Crippen LogP contribution in [0.15, 0.2) is 23.0 Å². The quantitative estimate of drug-likeness (QED) is 0.735. The van der Waals surface area contributed by atoms with Crippen LogP contribution in [0.1, 0.15) is 12.5 Å². The molecule has 0 radical (unpaired) electrons. The van der Waals surface area contributed by atoms with Crippen molar-refractivity contribution in [3.05, 3.63) is 24.2 Å². The molecule has 0 amide bonds. The van der Waals surface area contributed by atoms with E-state index in [1.54, 1.807) is 6.07 Å². The van der Waals surface area contributed by atoms with Crippen LogP contribution < -0.4 is 4.72 Å². The van der Waals surface area contributed by atoms with Crippen LogP contribution in [-0.2, 0) is 16.6 Å². The number of hydrogen-bond donors (Lipinski definition) is 2. The highest BCUT2D eigenvalue weighted by molar-refractivity contribution is 7.90. The van der Waals surface area contributed by atoms with Crippen LogP contribution in [0.3, 0.4) is 0 Å². The molecular formula is C8H13NO4S. The minimum Gasteiger partial charge on any atom is -0.472 e. The highest BCUT2D eigenvalue weighted by Crippen LogP contribution is 2.02. The molecule has 0 saturated heterocycles. The van der Waals surface area contributed by atoms with Crippen molar-refractivity contribution in [1.29, 1.82) is 0 Å². The van der Waals surface area contributed by atoms with Crippen LogP contribution in [0.2, 0.25) is 0 Å². The maximum Gasteiger partial charge on any atom is 0.216 e. The number of sulfonamides is 1. The van der Waals surface area contributed by atoms with Gasteiger partial charge in [0.2, 0.25) is 10.0 Å². The standard InChI is InChI=1S/C8H13NO4S/c1-7(5-10)14(11,12)9-4-8-2-3-13-6-8/h2-3,6-7,9-10H,4-5H2,1H3. The Morgan fingerprint density at radius 1 is 1.64 bits per heavy atom. The van der Waals surface area contributed by atoms with Gasteiger partial charge in [-0.1, -0.05) is 0 Å². The van der Waals surface area contributed by atoms with Crippen LogP contribution in [0.25, 0.3) is 0 Å². The van der Waals surface area contributed by atoms with E-state index in [4.69, 9.17) is 9.52 Å². The van der Waals surface area contributed by atoms with Gasteiger partial charge in [0.15, 0.2) is 0 Å². The summed E-state index contributed by atoms with van der Waals surface area (Å²) in [6.07, 6.45) is 2.94. The lowest BCUT2D eigenvalue weighted by Crippen LogP contribution is -2.34. The minimum absolute atomic E-state index is 0.184. The second kappa shape index (κ2) is 4.59. The van der Waals surface area contributed by atoms with E-state index < -0.39 is 15.3 Å². The molecule has 1 unspecified atom stereocenters. The summed E-state index contributed by atoms with van der Waals surface area (Å²) in [6.45, 7) is 1.24. The van der Waals surface area contributed by atoms with Gasteiger partial charge in [-0.25, -0.2) is 13.1 Å². The van der Waals surface area contributed by atoms with Crippen LogP contribution in [-0.4, -0.2) is 25.4 Å². The molecule has 6 heteroatoms. The summed E-state index contributed by atoms with van der Waals surface area (Å²) in [5, 5.41) is 7.89. The van der Waals surface area contributed by atoms with Crippen molar-refractivity contribution in [3.63, 3.8) is 0 Å². The fraction of sp³-hybridized carbons (Fsp3) is 0.500. The second-order valence-electron chi connectivity index (χ2n) is 2.99. The maximum absolute atomic E-state index is 11.4. The molecule has 80 valence electrons. The Morgan fingerprint density at radius 2 is 2.36 bits per heavy atom. The van der Waals surface area contributed by atoms with E-state index in [0.29, 0.717) is 0 Å². The molecule has 0 fully saturated rings. The summed E-state index contributed by atoms with van der Waals surface area (Å²) in [4.78, 5) is 0. The Hall–Kier alpha value is -0.850. The Bertz CT molecular complexity index is 357. The van der Waals surface area contributed by atoms with Gasteiger partial charge in [-0.2, -0.15) is 0 Å². The number of rotatable bonds is 5. The first-order chi connectivity index (χ1) is 6.56. The average Bonchev–Trinajstić information content (AvgIpc) is 2.66. The second-order valence-corrected chi connectivity index (χ2v) is 5.17. The largest absolute Gasteiger partial charge is 0.472 e. The zero-order chi connectivity index (χ0) is 10.6. The molecule has 14 heavy (non-hydrogen) atoms. The topological polar surface area (TPSA) is 79.5 Å². The molecule has 1 aromatic rings. The lowest BCUT2D eigenvalue weighted by atomic mass is 10.4. The van der Waals surface area contributed by atoms with Crippen molar-refractivity contribution in [2.75, 3.05) is 6.61 Å². The molecule has 1 aromatic heterocycles. The summed E-state index contributed by atoms with van der Waals surface area (Å²) in [7, 11) is -3.43. The van der Waals surface area contributed by atoms with Crippen molar-refractivity contribution in [2.45, 2.75) is 18.7 Å². The zero-order valence-corrected chi connectivity index (χ0v) is 8.62. The van der Waals surface area contributed by atoms with E-state index in [2.05, 4.69) is 4.72 Å². The molecule has 0 aromatic carbocycles. The predicted octanol–water partition coefficient (Wildman–Crippen LogP) is 0.0798. The fourth-order valence-corrected chi connectivity index (χ4v) is 1.67. The van der Waals surface area contributed by atoms with Crippen molar-refractivity contribution < 1.29 is 17.9 Å². The minimum atomic E-state index is -3.43. The van der Waals surface area contributed by atoms with Crippen molar-refractivity contribution in [1.82, 2.24) is 4.72 Å². The Balaban J connectivity index is 2.53. The molecule has 0 aliphatic heterocycles. The van der Waals surface area contributed by atoms with E-state index in [1.807, 2.05) is 0 Å². The molecule has 5 nitrogen and oxygen atoms in total. The summed E-state index contributed by atoms with van der Waals surface area (Å²) >= 11 is 0. The number of hydrogen-bond acceptors (Lipinski definition) is 4. The molecule has 2 N–H and O–H groups in total. The van der Waals surface area contributed by atoms with Crippen LogP contribution >= 0.6 is 0 Å². The van der Waals surface area contributed by atoms with Gasteiger partial charge in [-0.3, -0.25) is 0 Å². The van der Waals surface area contributed by atoms with Crippen LogP contribution in [0, 0.1) is 0 Å². The molecule has 1 atom stereocenters. The third-order valence-corrected chi connectivity index (χ3v) is 3.60.